The van der Waals surface area contributed by atoms with Crippen LogP contribution in [0.4, 0.5) is 0 Å². The first-order valence-electron chi connectivity index (χ1n) is 5.70. The zero-order valence-corrected chi connectivity index (χ0v) is 10.1. The summed E-state index contributed by atoms with van der Waals surface area (Å²) in [5.41, 5.74) is 0. The van der Waals surface area contributed by atoms with Gasteiger partial charge in [0.15, 0.2) is 0 Å². The SMILES string of the molecule is CC(CO)CN1CC(O)CC1CN(C)C. The van der Waals surface area contributed by atoms with Crippen LogP contribution < -0.4 is 0 Å². The molecule has 1 rings (SSSR count). The van der Waals surface area contributed by atoms with Crippen LogP contribution in [-0.4, -0.2) is 72.5 Å². The van der Waals surface area contributed by atoms with E-state index >= 15 is 0 Å². The molecule has 1 heterocycles. The summed E-state index contributed by atoms with van der Waals surface area (Å²) in [5, 5.41) is 18.7. The van der Waals surface area contributed by atoms with Crippen molar-refractivity contribution in [1.82, 2.24) is 9.80 Å². The minimum atomic E-state index is -0.194. The van der Waals surface area contributed by atoms with Crippen molar-refractivity contribution < 1.29 is 10.2 Å². The smallest absolute Gasteiger partial charge is 0.0682 e. The van der Waals surface area contributed by atoms with Crippen molar-refractivity contribution in [3.63, 3.8) is 0 Å². The number of aliphatic hydroxyl groups excluding tert-OH is 2. The van der Waals surface area contributed by atoms with Gasteiger partial charge in [0, 0.05) is 32.3 Å². The van der Waals surface area contributed by atoms with Crippen LogP contribution in [0.1, 0.15) is 13.3 Å². The summed E-state index contributed by atoms with van der Waals surface area (Å²) in [6.07, 6.45) is 0.664. The van der Waals surface area contributed by atoms with Crippen molar-refractivity contribution >= 4 is 0 Å². The number of rotatable bonds is 5. The fraction of sp³-hybridized carbons (Fsp3) is 1.00. The third-order valence-electron chi connectivity index (χ3n) is 2.94. The molecule has 0 aromatic heterocycles. The van der Waals surface area contributed by atoms with Gasteiger partial charge in [-0.05, 0) is 26.4 Å². The van der Waals surface area contributed by atoms with E-state index < -0.39 is 0 Å². The largest absolute Gasteiger partial charge is 0.396 e. The van der Waals surface area contributed by atoms with E-state index in [1.165, 1.54) is 0 Å². The normalized spacial score (nSPS) is 30.0. The van der Waals surface area contributed by atoms with E-state index in [0.717, 1.165) is 26.1 Å². The number of nitrogens with zero attached hydrogens (tertiary/aromatic N) is 2. The molecule has 1 saturated heterocycles. The molecule has 0 saturated carbocycles. The quantitative estimate of drug-likeness (QED) is 0.657. The van der Waals surface area contributed by atoms with Gasteiger partial charge >= 0.3 is 0 Å². The van der Waals surface area contributed by atoms with Crippen molar-refractivity contribution in [3.8, 4) is 0 Å². The Morgan fingerprint density at radius 1 is 1.47 bits per heavy atom. The Labute approximate surface area is 92.5 Å². The molecule has 1 fully saturated rings. The number of hydrogen-bond acceptors (Lipinski definition) is 4. The fourth-order valence-electron chi connectivity index (χ4n) is 2.25. The standard InChI is InChI=1S/C11H24N2O2/c1-9(8-14)5-13-7-11(15)4-10(13)6-12(2)3/h9-11,14-15H,4-8H2,1-3H3. The predicted molar refractivity (Wildman–Crippen MR) is 60.8 cm³/mol. The van der Waals surface area contributed by atoms with Crippen LogP contribution in [0.25, 0.3) is 0 Å². The summed E-state index contributed by atoms with van der Waals surface area (Å²) < 4.78 is 0. The highest BCUT2D eigenvalue weighted by atomic mass is 16.3. The molecule has 4 nitrogen and oxygen atoms in total. The number of hydrogen-bond donors (Lipinski definition) is 2. The molecule has 0 radical (unpaired) electrons. The molecule has 4 heteroatoms. The van der Waals surface area contributed by atoms with Crippen LogP contribution in [0.2, 0.25) is 0 Å². The third-order valence-corrected chi connectivity index (χ3v) is 2.94. The molecule has 0 aromatic carbocycles. The number of aliphatic hydroxyl groups is 2. The third kappa shape index (κ3) is 4.07. The highest BCUT2D eigenvalue weighted by molar-refractivity contribution is 4.87. The van der Waals surface area contributed by atoms with Crippen LogP contribution in [0.3, 0.4) is 0 Å². The Morgan fingerprint density at radius 2 is 2.13 bits per heavy atom. The van der Waals surface area contributed by atoms with Crippen molar-refractivity contribution in [3.05, 3.63) is 0 Å². The van der Waals surface area contributed by atoms with Gasteiger partial charge in [-0.15, -0.1) is 0 Å². The van der Waals surface area contributed by atoms with Gasteiger partial charge in [0.2, 0.25) is 0 Å². The average Bonchev–Trinajstić information content (AvgIpc) is 2.45. The Hall–Kier alpha value is -0.160. The number of β-amino-alcohol motifs (C(OH)–C–C–N with tert-alkyl or cyclic N) is 1. The zero-order chi connectivity index (χ0) is 11.4. The van der Waals surface area contributed by atoms with E-state index in [9.17, 15) is 5.11 Å². The molecule has 3 atom stereocenters. The predicted octanol–water partition coefficient (Wildman–Crippen LogP) is -0.388. The highest BCUT2D eigenvalue weighted by Crippen LogP contribution is 2.19. The van der Waals surface area contributed by atoms with Crippen LogP contribution in [-0.2, 0) is 0 Å². The number of likely N-dealkylation sites (tertiary alicyclic amines) is 1. The molecular formula is C11H24N2O2. The van der Waals surface area contributed by atoms with Gasteiger partial charge in [-0.2, -0.15) is 0 Å². The topological polar surface area (TPSA) is 46.9 Å². The van der Waals surface area contributed by atoms with E-state index in [-0.39, 0.29) is 12.7 Å². The molecule has 15 heavy (non-hydrogen) atoms. The van der Waals surface area contributed by atoms with Crippen molar-refractivity contribution in [2.45, 2.75) is 25.5 Å². The lowest BCUT2D eigenvalue weighted by molar-refractivity contribution is 0.138. The fourth-order valence-corrected chi connectivity index (χ4v) is 2.25. The van der Waals surface area contributed by atoms with Crippen LogP contribution in [0, 0.1) is 5.92 Å². The first-order valence-corrected chi connectivity index (χ1v) is 5.70. The molecule has 0 aliphatic carbocycles. The average molecular weight is 216 g/mol. The van der Waals surface area contributed by atoms with Gasteiger partial charge in [0.25, 0.3) is 0 Å². The van der Waals surface area contributed by atoms with Crippen molar-refractivity contribution in [2.75, 3.05) is 40.3 Å². The second-order valence-corrected chi connectivity index (χ2v) is 5.05. The van der Waals surface area contributed by atoms with Crippen molar-refractivity contribution in [1.29, 1.82) is 0 Å². The maximum atomic E-state index is 9.65. The van der Waals surface area contributed by atoms with Gasteiger partial charge in [0.1, 0.15) is 0 Å². The molecule has 1 aliphatic heterocycles. The first kappa shape index (κ1) is 12.9. The summed E-state index contributed by atoms with van der Waals surface area (Å²) in [4.78, 5) is 4.45. The highest BCUT2D eigenvalue weighted by Gasteiger charge is 2.31. The Kier molecular flexibility index (Phi) is 4.99. The molecule has 3 unspecified atom stereocenters. The summed E-state index contributed by atoms with van der Waals surface area (Å²) >= 11 is 0. The second kappa shape index (κ2) is 5.80. The number of likely N-dealkylation sites (N-methyl/N-ethyl adjacent to an activating group) is 1. The second-order valence-electron chi connectivity index (χ2n) is 5.05. The molecule has 2 N–H and O–H groups in total. The van der Waals surface area contributed by atoms with E-state index in [4.69, 9.17) is 5.11 Å². The first-order chi connectivity index (χ1) is 7.02. The molecular weight excluding hydrogens is 192 g/mol. The summed E-state index contributed by atoms with van der Waals surface area (Å²) in [7, 11) is 4.11. The Bertz CT molecular complexity index is 187. The summed E-state index contributed by atoms with van der Waals surface area (Å²) in [6, 6.07) is 0.434. The van der Waals surface area contributed by atoms with E-state index in [2.05, 4.69) is 23.9 Å². The van der Waals surface area contributed by atoms with E-state index in [1.54, 1.807) is 0 Å². The summed E-state index contributed by atoms with van der Waals surface area (Å²) in [5.74, 6) is 0.292. The molecule has 0 aromatic rings. The van der Waals surface area contributed by atoms with Gasteiger partial charge in [-0.25, -0.2) is 0 Å². The Morgan fingerprint density at radius 3 is 2.67 bits per heavy atom. The van der Waals surface area contributed by atoms with Crippen molar-refractivity contribution in [2.24, 2.45) is 5.92 Å². The van der Waals surface area contributed by atoms with E-state index in [0.29, 0.717) is 12.0 Å². The van der Waals surface area contributed by atoms with Gasteiger partial charge in [-0.3, -0.25) is 4.90 Å². The lowest BCUT2D eigenvalue weighted by Crippen LogP contribution is -2.40. The van der Waals surface area contributed by atoms with Gasteiger partial charge in [0.05, 0.1) is 6.10 Å². The Balaban J connectivity index is 2.45. The van der Waals surface area contributed by atoms with E-state index in [1.807, 2.05) is 6.92 Å². The minimum Gasteiger partial charge on any atom is -0.396 e. The molecule has 0 spiro atoms. The van der Waals surface area contributed by atoms with Gasteiger partial charge < -0.3 is 15.1 Å². The maximum Gasteiger partial charge on any atom is 0.0682 e. The molecule has 1 aliphatic rings. The summed E-state index contributed by atoms with van der Waals surface area (Å²) in [6.45, 7) is 4.88. The molecule has 0 bridgehead atoms. The van der Waals surface area contributed by atoms with Crippen LogP contribution >= 0.6 is 0 Å². The monoisotopic (exact) mass is 216 g/mol. The minimum absolute atomic E-state index is 0.194. The zero-order valence-electron chi connectivity index (χ0n) is 10.1. The molecule has 0 amide bonds. The lowest BCUT2D eigenvalue weighted by atomic mass is 10.1. The van der Waals surface area contributed by atoms with Crippen LogP contribution in [0.15, 0.2) is 0 Å². The lowest BCUT2D eigenvalue weighted by Gasteiger charge is -2.28. The molecule has 90 valence electrons. The van der Waals surface area contributed by atoms with Crippen LogP contribution in [0.5, 0.6) is 0 Å². The van der Waals surface area contributed by atoms with Gasteiger partial charge in [-0.1, -0.05) is 6.92 Å². The maximum absolute atomic E-state index is 9.65.